The predicted octanol–water partition coefficient (Wildman–Crippen LogP) is 0.223. The van der Waals surface area contributed by atoms with Crippen molar-refractivity contribution in [2.24, 2.45) is 0 Å². The van der Waals surface area contributed by atoms with E-state index >= 15 is 0 Å². The van der Waals surface area contributed by atoms with Crippen LogP contribution in [-0.2, 0) is 31.1 Å². The minimum Gasteiger partial charge on any atom is -0.316 e. The lowest BCUT2D eigenvalue weighted by atomic mass is 10.2. The van der Waals surface area contributed by atoms with Crippen LogP contribution in [0.15, 0.2) is 29.2 Å². The first-order chi connectivity index (χ1) is 10.3. The molecule has 1 aliphatic rings. The number of hydroxylamine groups is 2. The lowest BCUT2D eigenvalue weighted by Gasteiger charge is -2.13. The topological polar surface area (TPSA) is 130 Å². The van der Waals surface area contributed by atoms with E-state index in [2.05, 4.69) is 10.2 Å². The second-order valence-electron chi connectivity index (χ2n) is 4.44. The highest BCUT2D eigenvalue weighted by Gasteiger charge is 2.32. The van der Waals surface area contributed by atoms with E-state index < -0.39 is 28.0 Å². The molecule has 1 fully saturated rings. The molecular weight excluding hydrogens is 316 g/mol. The van der Waals surface area contributed by atoms with Gasteiger partial charge in [0.05, 0.1) is 4.90 Å². The van der Waals surface area contributed by atoms with Gasteiger partial charge in [-0.2, -0.15) is 8.42 Å². The van der Waals surface area contributed by atoms with Crippen LogP contribution in [0, 0.1) is 0 Å². The summed E-state index contributed by atoms with van der Waals surface area (Å²) in [6.45, 7) is -0.113. The van der Waals surface area contributed by atoms with Gasteiger partial charge in [-0.15, -0.1) is 5.06 Å². The molecule has 2 N–H and O–H groups in total. The van der Waals surface area contributed by atoms with Crippen LogP contribution in [0.1, 0.15) is 18.4 Å². The molecule has 22 heavy (non-hydrogen) atoms. The van der Waals surface area contributed by atoms with E-state index in [9.17, 15) is 22.8 Å². The molecule has 0 saturated carbocycles. The predicted molar refractivity (Wildman–Crippen MR) is 70.7 cm³/mol. The molecule has 1 aromatic rings. The Morgan fingerprint density at radius 3 is 2.50 bits per heavy atom. The summed E-state index contributed by atoms with van der Waals surface area (Å²) in [4.78, 5) is 38.3. The maximum Gasteiger partial charge on any atom is 0.432 e. The second kappa shape index (κ2) is 6.12. The van der Waals surface area contributed by atoms with Crippen LogP contribution in [-0.4, -0.2) is 35.9 Å². The first-order valence-electron chi connectivity index (χ1n) is 6.15. The number of amides is 3. The molecule has 0 spiro atoms. The minimum absolute atomic E-state index is 0.0114. The van der Waals surface area contributed by atoms with Crippen LogP contribution in [0.2, 0.25) is 0 Å². The van der Waals surface area contributed by atoms with Crippen LogP contribution in [0.3, 0.4) is 0 Å². The van der Waals surface area contributed by atoms with Gasteiger partial charge in [-0.05, 0) is 17.7 Å². The van der Waals surface area contributed by atoms with Gasteiger partial charge in [-0.25, -0.2) is 4.79 Å². The smallest absolute Gasteiger partial charge is 0.316 e. The van der Waals surface area contributed by atoms with Crippen LogP contribution >= 0.6 is 0 Å². The second-order valence-corrected chi connectivity index (χ2v) is 5.86. The third-order valence-corrected chi connectivity index (χ3v) is 3.66. The van der Waals surface area contributed by atoms with Gasteiger partial charge in [0.25, 0.3) is 21.9 Å². The molecular formula is C12H12N2O7S. The van der Waals surface area contributed by atoms with E-state index in [0.29, 0.717) is 10.6 Å². The highest BCUT2D eigenvalue weighted by atomic mass is 32.2. The van der Waals surface area contributed by atoms with Crippen molar-refractivity contribution >= 4 is 28.0 Å². The number of nitrogens with zero attached hydrogens (tertiary/aromatic N) is 1. The fraction of sp³-hybridized carbons (Fsp3) is 0.250. The zero-order chi connectivity index (χ0) is 16.3. The van der Waals surface area contributed by atoms with Crippen molar-refractivity contribution in [2.45, 2.75) is 24.3 Å². The number of imide groups is 1. The van der Waals surface area contributed by atoms with E-state index in [0.717, 1.165) is 0 Å². The molecule has 0 aliphatic carbocycles. The molecule has 2 rings (SSSR count). The average Bonchev–Trinajstić information content (AvgIpc) is 2.76. The van der Waals surface area contributed by atoms with E-state index in [1.807, 2.05) is 0 Å². The molecule has 118 valence electrons. The SMILES string of the molecule is O=C(NCc1cccc(S(=O)(=O)O)c1)ON1C(=O)CCC1=O. The quantitative estimate of drug-likeness (QED) is 0.597. The fourth-order valence-electron chi connectivity index (χ4n) is 1.76. The van der Waals surface area contributed by atoms with Gasteiger partial charge in [0, 0.05) is 19.4 Å². The number of rotatable bonds is 4. The molecule has 10 heteroatoms. The third kappa shape index (κ3) is 3.80. The fourth-order valence-corrected chi connectivity index (χ4v) is 2.31. The van der Waals surface area contributed by atoms with Crippen molar-refractivity contribution in [1.29, 1.82) is 0 Å². The van der Waals surface area contributed by atoms with Gasteiger partial charge in [0.15, 0.2) is 0 Å². The first-order valence-corrected chi connectivity index (χ1v) is 7.59. The molecule has 0 atom stereocenters. The number of benzene rings is 1. The average molecular weight is 328 g/mol. The van der Waals surface area contributed by atoms with E-state index in [-0.39, 0.29) is 24.3 Å². The van der Waals surface area contributed by atoms with Gasteiger partial charge >= 0.3 is 6.09 Å². The van der Waals surface area contributed by atoms with Crippen molar-refractivity contribution < 1.29 is 32.2 Å². The zero-order valence-electron chi connectivity index (χ0n) is 11.2. The molecule has 3 amide bonds. The van der Waals surface area contributed by atoms with Gasteiger partial charge in [0.2, 0.25) is 0 Å². The first kappa shape index (κ1) is 15.9. The Morgan fingerprint density at radius 1 is 1.27 bits per heavy atom. The van der Waals surface area contributed by atoms with Crippen LogP contribution in [0.25, 0.3) is 0 Å². The summed E-state index contributed by atoms with van der Waals surface area (Å²) in [5.41, 5.74) is 0.381. The number of nitrogens with one attached hydrogen (secondary N) is 1. The summed E-state index contributed by atoms with van der Waals surface area (Å²) in [6, 6.07) is 5.26. The maximum atomic E-state index is 11.5. The summed E-state index contributed by atoms with van der Waals surface area (Å²) in [5, 5.41) is 2.65. The number of carbonyl (C=O) groups excluding carboxylic acids is 3. The summed E-state index contributed by atoms with van der Waals surface area (Å²) in [7, 11) is -4.34. The Labute approximate surface area is 125 Å². The van der Waals surface area contributed by atoms with E-state index in [1.165, 1.54) is 24.3 Å². The molecule has 0 aromatic heterocycles. The number of carbonyl (C=O) groups is 3. The Hall–Kier alpha value is -2.46. The van der Waals surface area contributed by atoms with Crippen molar-refractivity contribution in [3.8, 4) is 0 Å². The minimum atomic E-state index is -4.34. The van der Waals surface area contributed by atoms with Crippen molar-refractivity contribution in [3.05, 3.63) is 29.8 Å². The van der Waals surface area contributed by atoms with Crippen molar-refractivity contribution in [2.75, 3.05) is 0 Å². The zero-order valence-corrected chi connectivity index (χ0v) is 12.0. The van der Waals surface area contributed by atoms with Crippen LogP contribution in [0.5, 0.6) is 0 Å². The number of hydrogen-bond acceptors (Lipinski definition) is 6. The molecule has 1 heterocycles. The monoisotopic (exact) mass is 328 g/mol. The summed E-state index contributed by atoms with van der Waals surface area (Å²) < 4.78 is 30.9. The molecule has 0 bridgehead atoms. The van der Waals surface area contributed by atoms with Gasteiger partial charge in [0.1, 0.15) is 0 Å². The van der Waals surface area contributed by atoms with Gasteiger partial charge in [-0.3, -0.25) is 14.1 Å². The molecule has 9 nitrogen and oxygen atoms in total. The summed E-state index contributed by atoms with van der Waals surface area (Å²) in [5.74, 6) is -1.21. The largest absolute Gasteiger partial charge is 0.432 e. The molecule has 0 unspecified atom stereocenters. The third-order valence-electron chi connectivity index (χ3n) is 2.81. The van der Waals surface area contributed by atoms with E-state index in [1.54, 1.807) is 0 Å². The van der Waals surface area contributed by atoms with Crippen molar-refractivity contribution in [3.63, 3.8) is 0 Å². The molecule has 0 radical (unpaired) electrons. The van der Waals surface area contributed by atoms with Gasteiger partial charge < -0.3 is 10.2 Å². The highest BCUT2D eigenvalue weighted by molar-refractivity contribution is 7.85. The summed E-state index contributed by atoms with van der Waals surface area (Å²) in [6.07, 6.45) is -1.05. The Balaban J connectivity index is 1.94. The summed E-state index contributed by atoms with van der Waals surface area (Å²) >= 11 is 0. The lowest BCUT2D eigenvalue weighted by molar-refractivity contribution is -0.171. The number of hydrogen-bond donors (Lipinski definition) is 2. The van der Waals surface area contributed by atoms with Crippen LogP contribution in [0.4, 0.5) is 4.79 Å². The van der Waals surface area contributed by atoms with Gasteiger partial charge in [-0.1, -0.05) is 12.1 Å². The highest BCUT2D eigenvalue weighted by Crippen LogP contribution is 2.13. The maximum absolute atomic E-state index is 11.5. The van der Waals surface area contributed by atoms with E-state index in [4.69, 9.17) is 4.55 Å². The standard InChI is InChI=1S/C12H12N2O7S/c15-10-4-5-11(16)14(10)21-12(17)13-7-8-2-1-3-9(6-8)22(18,19)20/h1-3,6H,4-5,7H2,(H,13,17)(H,18,19,20). The Bertz CT molecular complexity index is 713. The molecule has 1 aromatic carbocycles. The molecule has 1 saturated heterocycles. The normalized spacial score (nSPS) is 15.0. The Morgan fingerprint density at radius 2 is 1.91 bits per heavy atom. The molecule has 1 aliphatic heterocycles. The Kier molecular flexibility index (Phi) is 4.43. The lowest BCUT2D eigenvalue weighted by Crippen LogP contribution is -2.36. The van der Waals surface area contributed by atoms with Crippen LogP contribution < -0.4 is 5.32 Å². The van der Waals surface area contributed by atoms with Crippen molar-refractivity contribution in [1.82, 2.24) is 10.4 Å².